The number of hydrogen-bond acceptors (Lipinski definition) is 2. The van der Waals surface area contributed by atoms with Gasteiger partial charge in [-0.25, -0.2) is 8.78 Å². The third kappa shape index (κ3) is 1.19. The molecular weight excluding hydrogens is 190 g/mol. The Balaban J connectivity index is 2.86. The summed E-state index contributed by atoms with van der Waals surface area (Å²) in [5.41, 5.74) is 0.0592. The van der Waals surface area contributed by atoms with E-state index in [1.54, 1.807) is 0 Å². The molecule has 2 aromatic rings. The monoisotopic (exact) mass is 198 g/mol. The van der Waals surface area contributed by atoms with E-state index in [4.69, 9.17) is 4.42 Å². The van der Waals surface area contributed by atoms with Crippen molar-refractivity contribution in [1.29, 1.82) is 0 Å². The first-order valence-electron chi connectivity index (χ1n) is 4.14. The van der Waals surface area contributed by atoms with Crippen LogP contribution in [0.25, 0.3) is 11.0 Å². The standard InChI is InChI=1S/C10H8F2O2/c1-5(13)9-8(12)4-7(11)6-2-3-14-10(6)9/h2-5,13H,1H3. The molecule has 14 heavy (non-hydrogen) atoms. The summed E-state index contributed by atoms with van der Waals surface area (Å²) >= 11 is 0. The Morgan fingerprint density at radius 2 is 2.07 bits per heavy atom. The lowest BCUT2D eigenvalue weighted by Crippen LogP contribution is -1.97. The van der Waals surface area contributed by atoms with Gasteiger partial charge in [0.05, 0.1) is 23.3 Å². The fourth-order valence-corrected chi connectivity index (χ4v) is 1.47. The van der Waals surface area contributed by atoms with Crippen LogP contribution in [-0.2, 0) is 0 Å². The second kappa shape index (κ2) is 3.06. The highest BCUT2D eigenvalue weighted by molar-refractivity contribution is 5.81. The molecule has 0 saturated heterocycles. The smallest absolute Gasteiger partial charge is 0.145 e. The zero-order valence-corrected chi connectivity index (χ0v) is 7.42. The topological polar surface area (TPSA) is 33.4 Å². The number of hydrogen-bond donors (Lipinski definition) is 1. The van der Waals surface area contributed by atoms with Crippen LogP contribution in [-0.4, -0.2) is 5.11 Å². The third-order valence-electron chi connectivity index (χ3n) is 2.10. The van der Waals surface area contributed by atoms with Crippen molar-refractivity contribution in [3.8, 4) is 0 Å². The summed E-state index contributed by atoms with van der Waals surface area (Å²) in [5, 5.41) is 9.47. The summed E-state index contributed by atoms with van der Waals surface area (Å²) in [6, 6.07) is 2.15. The van der Waals surface area contributed by atoms with Crippen molar-refractivity contribution in [2.24, 2.45) is 0 Å². The molecule has 0 bridgehead atoms. The molecule has 1 heterocycles. The van der Waals surface area contributed by atoms with E-state index in [2.05, 4.69) is 0 Å². The SMILES string of the molecule is CC(O)c1c(F)cc(F)c2ccoc12. The number of aliphatic hydroxyl groups excluding tert-OH is 1. The lowest BCUT2D eigenvalue weighted by Gasteiger charge is -2.06. The van der Waals surface area contributed by atoms with Crippen LogP contribution in [0.5, 0.6) is 0 Å². The number of aliphatic hydroxyl groups is 1. The summed E-state index contributed by atoms with van der Waals surface area (Å²) in [6.07, 6.45) is 0.239. The number of halogens is 2. The Morgan fingerprint density at radius 3 is 2.71 bits per heavy atom. The predicted molar refractivity (Wildman–Crippen MR) is 46.8 cm³/mol. The minimum atomic E-state index is -1.02. The zero-order chi connectivity index (χ0) is 10.3. The van der Waals surface area contributed by atoms with Gasteiger partial charge in [0.25, 0.3) is 0 Å². The number of benzene rings is 1. The van der Waals surface area contributed by atoms with Crippen molar-refractivity contribution < 1.29 is 18.3 Å². The Morgan fingerprint density at radius 1 is 1.36 bits per heavy atom. The average Bonchev–Trinajstić information content (AvgIpc) is 2.51. The quantitative estimate of drug-likeness (QED) is 0.764. The summed E-state index contributed by atoms with van der Waals surface area (Å²) in [6.45, 7) is 1.40. The maximum absolute atomic E-state index is 13.2. The van der Waals surface area contributed by atoms with Gasteiger partial charge in [-0.15, -0.1) is 0 Å². The Bertz CT molecular complexity index is 474. The van der Waals surface area contributed by atoms with E-state index in [9.17, 15) is 13.9 Å². The highest BCUT2D eigenvalue weighted by Crippen LogP contribution is 2.29. The summed E-state index contributed by atoms with van der Waals surface area (Å²) in [4.78, 5) is 0. The van der Waals surface area contributed by atoms with Gasteiger partial charge in [-0.3, -0.25) is 0 Å². The number of furan rings is 1. The molecule has 0 spiro atoms. The molecular formula is C10H8F2O2. The van der Waals surface area contributed by atoms with Crippen LogP contribution in [0.2, 0.25) is 0 Å². The van der Waals surface area contributed by atoms with Crippen LogP contribution >= 0.6 is 0 Å². The minimum absolute atomic E-state index is 0.00796. The van der Waals surface area contributed by atoms with Crippen LogP contribution < -0.4 is 0 Å². The van der Waals surface area contributed by atoms with E-state index in [1.807, 2.05) is 0 Å². The van der Waals surface area contributed by atoms with Crippen molar-refractivity contribution in [2.45, 2.75) is 13.0 Å². The molecule has 0 aliphatic heterocycles. The molecule has 1 N–H and O–H groups in total. The summed E-state index contributed by atoms with van der Waals surface area (Å²) in [5.74, 6) is -1.48. The molecule has 4 heteroatoms. The van der Waals surface area contributed by atoms with Gasteiger partial charge in [-0.1, -0.05) is 0 Å². The number of rotatable bonds is 1. The molecule has 1 aromatic heterocycles. The highest BCUT2D eigenvalue weighted by atomic mass is 19.1. The maximum Gasteiger partial charge on any atom is 0.145 e. The van der Waals surface area contributed by atoms with E-state index in [-0.39, 0.29) is 16.5 Å². The van der Waals surface area contributed by atoms with Crippen molar-refractivity contribution in [3.05, 3.63) is 35.6 Å². The minimum Gasteiger partial charge on any atom is -0.464 e. The van der Waals surface area contributed by atoms with Gasteiger partial charge in [0.1, 0.15) is 17.2 Å². The van der Waals surface area contributed by atoms with Gasteiger partial charge in [0.2, 0.25) is 0 Å². The predicted octanol–water partition coefficient (Wildman–Crippen LogP) is 2.76. The molecule has 0 radical (unpaired) electrons. The van der Waals surface area contributed by atoms with Crippen LogP contribution in [0.3, 0.4) is 0 Å². The van der Waals surface area contributed by atoms with E-state index in [0.29, 0.717) is 0 Å². The maximum atomic E-state index is 13.2. The van der Waals surface area contributed by atoms with Crippen LogP contribution in [0.1, 0.15) is 18.6 Å². The Hall–Kier alpha value is -1.42. The lowest BCUT2D eigenvalue weighted by molar-refractivity contribution is 0.194. The third-order valence-corrected chi connectivity index (χ3v) is 2.10. The van der Waals surface area contributed by atoms with Gasteiger partial charge < -0.3 is 9.52 Å². The molecule has 0 amide bonds. The fraction of sp³-hybridized carbons (Fsp3) is 0.200. The first-order valence-corrected chi connectivity index (χ1v) is 4.14. The second-order valence-electron chi connectivity index (χ2n) is 3.09. The van der Waals surface area contributed by atoms with E-state index in [0.717, 1.165) is 6.07 Å². The van der Waals surface area contributed by atoms with Crippen molar-refractivity contribution >= 4 is 11.0 Å². The Kier molecular flexibility index (Phi) is 2.00. The zero-order valence-electron chi connectivity index (χ0n) is 7.42. The van der Waals surface area contributed by atoms with Gasteiger partial charge in [0, 0.05) is 6.07 Å². The van der Waals surface area contributed by atoms with Crippen LogP contribution in [0.4, 0.5) is 8.78 Å². The van der Waals surface area contributed by atoms with E-state index < -0.39 is 17.7 Å². The van der Waals surface area contributed by atoms with Gasteiger partial charge in [-0.2, -0.15) is 0 Å². The lowest BCUT2D eigenvalue weighted by atomic mass is 10.1. The molecule has 2 rings (SSSR count). The second-order valence-corrected chi connectivity index (χ2v) is 3.09. The normalized spacial score (nSPS) is 13.4. The summed E-state index contributed by atoms with van der Waals surface area (Å²) in [7, 11) is 0. The fourth-order valence-electron chi connectivity index (χ4n) is 1.47. The largest absolute Gasteiger partial charge is 0.464 e. The first kappa shape index (κ1) is 9.15. The molecule has 2 nitrogen and oxygen atoms in total. The van der Waals surface area contributed by atoms with Crippen molar-refractivity contribution in [2.75, 3.05) is 0 Å². The van der Waals surface area contributed by atoms with E-state index >= 15 is 0 Å². The van der Waals surface area contributed by atoms with Crippen LogP contribution in [0, 0.1) is 11.6 Å². The molecule has 1 unspecified atom stereocenters. The molecule has 74 valence electrons. The molecule has 0 saturated carbocycles. The van der Waals surface area contributed by atoms with Gasteiger partial charge >= 0.3 is 0 Å². The highest BCUT2D eigenvalue weighted by Gasteiger charge is 2.18. The van der Waals surface area contributed by atoms with Gasteiger partial charge in [-0.05, 0) is 13.0 Å². The van der Waals surface area contributed by atoms with E-state index in [1.165, 1.54) is 19.3 Å². The average molecular weight is 198 g/mol. The van der Waals surface area contributed by atoms with Crippen molar-refractivity contribution in [1.82, 2.24) is 0 Å². The molecule has 0 aliphatic rings. The van der Waals surface area contributed by atoms with Gasteiger partial charge in [0.15, 0.2) is 0 Å². The summed E-state index contributed by atoms with van der Waals surface area (Å²) < 4.78 is 31.3. The molecule has 0 aliphatic carbocycles. The molecule has 0 fully saturated rings. The Labute approximate surface area is 78.8 Å². The molecule has 1 atom stereocenters. The van der Waals surface area contributed by atoms with Crippen LogP contribution in [0.15, 0.2) is 22.8 Å². The molecule has 1 aromatic carbocycles. The number of fused-ring (bicyclic) bond motifs is 1. The first-order chi connectivity index (χ1) is 6.61. The van der Waals surface area contributed by atoms with Crippen molar-refractivity contribution in [3.63, 3.8) is 0 Å².